The van der Waals surface area contributed by atoms with Gasteiger partial charge in [-0.15, -0.1) is 11.3 Å². The van der Waals surface area contributed by atoms with Gasteiger partial charge in [0.25, 0.3) is 0 Å². The van der Waals surface area contributed by atoms with Crippen LogP contribution in [0.5, 0.6) is 0 Å². The molecule has 1 rings (SSSR count). The van der Waals surface area contributed by atoms with E-state index < -0.39 is 5.97 Å². The molecule has 0 aliphatic carbocycles. The van der Waals surface area contributed by atoms with Crippen molar-refractivity contribution in [2.45, 2.75) is 6.61 Å². The van der Waals surface area contributed by atoms with Crippen LogP contribution in [0.1, 0.15) is 10.4 Å². The average molecular weight is 184 g/mol. The van der Waals surface area contributed by atoms with E-state index in [1.165, 1.54) is 17.4 Å². The highest BCUT2D eigenvalue weighted by atomic mass is 32.1. The lowest BCUT2D eigenvalue weighted by molar-refractivity contribution is -0.131. The van der Waals surface area contributed by atoms with E-state index in [1.54, 1.807) is 11.4 Å². The van der Waals surface area contributed by atoms with E-state index in [-0.39, 0.29) is 6.61 Å². The number of aliphatic hydroxyl groups excluding tert-OH is 1. The maximum absolute atomic E-state index is 10.1. The fourth-order valence-electron chi connectivity index (χ4n) is 0.718. The standard InChI is InChI=1S/C8H8O3S/c9-4-6-3-7(12-5-6)1-2-8(10)11/h1-3,5,9H,4H2,(H,10,11). The molecule has 0 fully saturated rings. The summed E-state index contributed by atoms with van der Waals surface area (Å²) < 4.78 is 0. The van der Waals surface area contributed by atoms with E-state index in [2.05, 4.69) is 0 Å². The second kappa shape index (κ2) is 4.04. The monoisotopic (exact) mass is 184 g/mol. The van der Waals surface area contributed by atoms with E-state index in [0.29, 0.717) is 0 Å². The van der Waals surface area contributed by atoms with E-state index in [0.717, 1.165) is 16.5 Å². The fourth-order valence-corrected chi connectivity index (χ4v) is 1.51. The topological polar surface area (TPSA) is 57.5 Å². The molecule has 0 spiro atoms. The molecule has 0 bridgehead atoms. The van der Waals surface area contributed by atoms with Crippen molar-refractivity contribution >= 4 is 23.4 Å². The van der Waals surface area contributed by atoms with Crippen molar-refractivity contribution in [2.24, 2.45) is 0 Å². The number of carbonyl (C=O) groups is 1. The number of hydrogen-bond donors (Lipinski definition) is 2. The van der Waals surface area contributed by atoms with Crippen LogP contribution in [0, 0.1) is 0 Å². The Balaban J connectivity index is 2.70. The summed E-state index contributed by atoms with van der Waals surface area (Å²) in [6, 6.07) is 1.75. The summed E-state index contributed by atoms with van der Waals surface area (Å²) in [6.07, 6.45) is 2.58. The Bertz CT molecular complexity index is 301. The third kappa shape index (κ3) is 2.48. The number of aliphatic hydroxyl groups is 1. The predicted octanol–water partition coefficient (Wildman–Crippen LogP) is 1.34. The van der Waals surface area contributed by atoms with Gasteiger partial charge in [0, 0.05) is 11.0 Å². The lowest BCUT2D eigenvalue weighted by Gasteiger charge is -1.82. The Morgan fingerprint density at radius 2 is 2.42 bits per heavy atom. The number of hydrogen-bond acceptors (Lipinski definition) is 3. The Kier molecular flexibility index (Phi) is 3.01. The van der Waals surface area contributed by atoms with E-state index in [9.17, 15) is 4.79 Å². The summed E-state index contributed by atoms with van der Waals surface area (Å²) in [5.41, 5.74) is 0.810. The summed E-state index contributed by atoms with van der Waals surface area (Å²) in [6.45, 7) is -0.00257. The van der Waals surface area contributed by atoms with Crippen LogP contribution in [0.2, 0.25) is 0 Å². The summed E-state index contributed by atoms with van der Waals surface area (Å²) >= 11 is 1.41. The fraction of sp³-hybridized carbons (Fsp3) is 0.125. The maximum Gasteiger partial charge on any atom is 0.328 e. The summed E-state index contributed by atoms with van der Waals surface area (Å²) in [4.78, 5) is 11.0. The normalized spacial score (nSPS) is 10.8. The minimum Gasteiger partial charge on any atom is -0.478 e. The number of carboxylic acid groups (broad SMARTS) is 1. The smallest absolute Gasteiger partial charge is 0.328 e. The van der Waals surface area contributed by atoms with Crippen LogP contribution in [-0.2, 0) is 11.4 Å². The van der Waals surface area contributed by atoms with Crippen molar-refractivity contribution in [1.82, 2.24) is 0 Å². The largest absolute Gasteiger partial charge is 0.478 e. The third-order valence-electron chi connectivity index (χ3n) is 1.25. The third-order valence-corrected chi connectivity index (χ3v) is 2.19. The van der Waals surface area contributed by atoms with Crippen molar-refractivity contribution in [2.75, 3.05) is 0 Å². The molecule has 0 radical (unpaired) electrons. The zero-order valence-corrected chi connectivity index (χ0v) is 7.04. The van der Waals surface area contributed by atoms with Gasteiger partial charge in [0.05, 0.1) is 6.61 Å². The maximum atomic E-state index is 10.1. The van der Waals surface area contributed by atoms with E-state index in [1.807, 2.05) is 0 Å². The van der Waals surface area contributed by atoms with Crippen molar-refractivity contribution in [3.05, 3.63) is 28.0 Å². The van der Waals surface area contributed by atoms with Gasteiger partial charge in [0.15, 0.2) is 0 Å². The highest BCUT2D eigenvalue weighted by molar-refractivity contribution is 7.11. The highest BCUT2D eigenvalue weighted by Crippen LogP contribution is 2.15. The van der Waals surface area contributed by atoms with Gasteiger partial charge in [-0.3, -0.25) is 0 Å². The molecular formula is C8H8O3S. The number of carboxylic acids is 1. The average Bonchev–Trinajstić information content (AvgIpc) is 2.48. The quantitative estimate of drug-likeness (QED) is 0.697. The van der Waals surface area contributed by atoms with Gasteiger partial charge in [-0.05, 0) is 23.1 Å². The molecule has 0 saturated heterocycles. The first-order valence-corrected chi connectivity index (χ1v) is 4.19. The van der Waals surface area contributed by atoms with Crippen LogP contribution in [0.15, 0.2) is 17.5 Å². The van der Waals surface area contributed by atoms with Crippen molar-refractivity contribution < 1.29 is 15.0 Å². The first-order valence-electron chi connectivity index (χ1n) is 3.31. The summed E-state index contributed by atoms with van der Waals surface area (Å²) in [5, 5.41) is 18.8. The van der Waals surface area contributed by atoms with Crippen molar-refractivity contribution in [3.8, 4) is 0 Å². The van der Waals surface area contributed by atoms with E-state index in [4.69, 9.17) is 10.2 Å². The van der Waals surface area contributed by atoms with Gasteiger partial charge < -0.3 is 10.2 Å². The van der Waals surface area contributed by atoms with Crippen LogP contribution in [-0.4, -0.2) is 16.2 Å². The van der Waals surface area contributed by atoms with Crippen LogP contribution >= 0.6 is 11.3 Å². The predicted molar refractivity (Wildman–Crippen MR) is 46.9 cm³/mol. The van der Waals surface area contributed by atoms with Crippen LogP contribution in [0.4, 0.5) is 0 Å². The minimum atomic E-state index is -0.964. The van der Waals surface area contributed by atoms with Crippen molar-refractivity contribution in [1.29, 1.82) is 0 Å². The summed E-state index contributed by atoms with van der Waals surface area (Å²) in [5.74, 6) is -0.964. The van der Waals surface area contributed by atoms with Gasteiger partial charge in [-0.25, -0.2) is 4.79 Å². The molecule has 0 aliphatic rings. The molecule has 64 valence electrons. The molecule has 4 heteroatoms. The van der Waals surface area contributed by atoms with Gasteiger partial charge in [0.1, 0.15) is 0 Å². The Labute approximate surface area is 73.6 Å². The lowest BCUT2D eigenvalue weighted by atomic mass is 10.3. The molecule has 3 nitrogen and oxygen atoms in total. The molecule has 1 aromatic heterocycles. The molecule has 0 saturated carbocycles. The Morgan fingerprint density at radius 1 is 1.67 bits per heavy atom. The molecule has 2 N–H and O–H groups in total. The first-order chi connectivity index (χ1) is 5.72. The Morgan fingerprint density at radius 3 is 2.92 bits per heavy atom. The molecule has 1 heterocycles. The number of rotatable bonds is 3. The molecule has 0 aliphatic heterocycles. The zero-order valence-electron chi connectivity index (χ0n) is 6.23. The molecule has 0 amide bonds. The number of thiophene rings is 1. The second-order valence-electron chi connectivity index (χ2n) is 2.19. The van der Waals surface area contributed by atoms with Gasteiger partial charge in [-0.1, -0.05) is 0 Å². The molecule has 0 unspecified atom stereocenters. The summed E-state index contributed by atoms with van der Waals surface area (Å²) in [7, 11) is 0. The molecule has 1 aromatic rings. The van der Waals surface area contributed by atoms with Crippen LogP contribution in [0.25, 0.3) is 6.08 Å². The second-order valence-corrected chi connectivity index (χ2v) is 3.13. The van der Waals surface area contributed by atoms with Gasteiger partial charge in [0.2, 0.25) is 0 Å². The molecule has 0 aromatic carbocycles. The Hall–Kier alpha value is -1.13. The van der Waals surface area contributed by atoms with Crippen LogP contribution in [0.3, 0.4) is 0 Å². The zero-order chi connectivity index (χ0) is 8.97. The van der Waals surface area contributed by atoms with Crippen LogP contribution < -0.4 is 0 Å². The minimum absolute atomic E-state index is 0.00257. The lowest BCUT2D eigenvalue weighted by Crippen LogP contribution is -1.84. The molecular weight excluding hydrogens is 176 g/mol. The first kappa shape index (κ1) is 8.96. The van der Waals surface area contributed by atoms with E-state index >= 15 is 0 Å². The SMILES string of the molecule is O=C(O)C=Cc1cc(CO)cs1. The number of aliphatic carboxylic acids is 1. The molecule has 0 atom stereocenters. The van der Waals surface area contributed by atoms with Crippen molar-refractivity contribution in [3.63, 3.8) is 0 Å². The highest BCUT2D eigenvalue weighted by Gasteiger charge is 1.95. The molecule has 12 heavy (non-hydrogen) atoms. The van der Waals surface area contributed by atoms with Gasteiger partial charge in [-0.2, -0.15) is 0 Å². The van der Waals surface area contributed by atoms with Gasteiger partial charge >= 0.3 is 5.97 Å².